The lowest BCUT2D eigenvalue weighted by Gasteiger charge is -2.26. The quantitative estimate of drug-likeness (QED) is 0.684. The van der Waals surface area contributed by atoms with Gasteiger partial charge in [-0.05, 0) is 36.8 Å². The standard InChI is InChI=1S/C15H19FN2O3/c1-10-2-4-11(5-3-10)9-17-15(19)12-6-7-14(18(20)21)13(16)8-12/h6-8,10-11H,2-5,9H2,1H3,(H,17,19). The minimum atomic E-state index is -0.987. The van der Waals surface area contributed by atoms with E-state index in [1.165, 1.54) is 18.9 Å². The molecule has 0 radical (unpaired) electrons. The molecule has 1 aliphatic rings. The number of hydrogen-bond acceptors (Lipinski definition) is 3. The largest absolute Gasteiger partial charge is 0.352 e. The first-order valence-corrected chi connectivity index (χ1v) is 7.19. The Hall–Kier alpha value is -1.98. The van der Waals surface area contributed by atoms with Gasteiger partial charge in [0.05, 0.1) is 4.92 Å². The number of rotatable bonds is 4. The molecule has 0 spiro atoms. The third kappa shape index (κ3) is 4.00. The Balaban J connectivity index is 1.91. The SMILES string of the molecule is CC1CCC(CNC(=O)c2ccc([N+](=O)[O-])c(F)c2)CC1. The van der Waals surface area contributed by atoms with Gasteiger partial charge in [0.2, 0.25) is 5.82 Å². The van der Waals surface area contributed by atoms with E-state index in [4.69, 9.17) is 0 Å². The zero-order valence-corrected chi connectivity index (χ0v) is 12.0. The van der Waals surface area contributed by atoms with E-state index >= 15 is 0 Å². The van der Waals surface area contributed by atoms with Gasteiger partial charge in [0.25, 0.3) is 5.91 Å². The maximum atomic E-state index is 13.5. The summed E-state index contributed by atoms with van der Waals surface area (Å²) < 4.78 is 13.5. The van der Waals surface area contributed by atoms with E-state index in [9.17, 15) is 19.3 Å². The number of nitrogens with zero attached hydrogens (tertiary/aromatic N) is 1. The molecule has 0 unspecified atom stereocenters. The second-order valence-corrected chi connectivity index (χ2v) is 5.76. The molecule has 1 aromatic rings. The third-order valence-corrected chi connectivity index (χ3v) is 4.09. The number of halogens is 1. The van der Waals surface area contributed by atoms with E-state index in [0.717, 1.165) is 30.9 Å². The van der Waals surface area contributed by atoms with Crippen molar-refractivity contribution in [3.63, 3.8) is 0 Å². The molecule has 1 amide bonds. The summed E-state index contributed by atoms with van der Waals surface area (Å²) in [5.74, 6) is -0.157. The molecule has 0 atom stereocenters. The smallest absolute Gasteiger partial charge is 0.304 e. The van der Waals surface area contributed by atoms with E-state index in [1.54, 1.807) is 0 Å². The molecule has 1 aromatic carbocycles. The first-order valence-electron chi connectivity index (χ1n) is 7.19. The fourth-order valence-electron chi connectivity index (χ4n) is 2.67. The fraction of sp³-hybridized carbons (Fsp3) is 0.533. The summed E-state index contributed by atoms with van der Waals surface area (Å²) in [6, 6.07) is 3.21. The van der Waals surface area contributed by atoms with Crippen LogP contribution in [0.2, 0.25) is 0 Å². The van der Waals surface area contributed by atoms with Crippen LogP contribution in [0.5, 0.6) is 0 Å². The maximum Gasteiger partial charge on any atom is 0.304 e. The summed E-state index contributed by atoms with van der Waals surface area (Å²) >= 11 is 0. The lowest BCUT2D eigenvalue weighted by atomic mass is 9.83. The number of carbonyl (C=O) groups is 1. The summed E-state index contributed by atoms with van der Waals surface area (Å²) in [6.07, 6.45) is 4.53. The molecule has 1 N–H and O–H groups in total. The van der Waals surface area contributed by atoms with Gasteiger partial charge in [-0.3, -0.25) is 14.9 Å². The minimum Gasteiger partial charge on any atom is -0.352 e. The number of nitrogens with one attached hydrogen (secondary N) is 1. The summed E-state index contributed by atoms with van der Waals surface area (Å²) in [5, 5.41) is 13.3. The lowest BCUT2D eigenvalue weighted by Crippen LogP contribution is -2.31. The van der Waals surface area contributed by atoms with Gasteiger partial charge in [0, 0.05) is 18.2 Å². The Morgan fingerprint density at radius 3 is 2.62 bits per heavy atom. The van der Waals surface area contributed by atoms with Gasteiger partial charge < -0.3 is 5.32 Å². The average Bonchev–Trinajstić information content (AvgIpc) is 2.45. The van der Waals surface area contributed by atoms with Gasteiger partial charge in [-0.25, -0.2) is 0 Å². The van der Waals surface area contributed by atoms with E-state index in [0.29, 0.717) is 12.5 Å². The molecule has 21 heavy (non-hydrogen) atoms. The zero-order chi connectivity index (χ0) is 15.4. The van der Waals surface area contributed by atoms with Crippen molar-refractivity contribution in [1.29, 1.82) is 0 Å². The molecule has 1 aliphatic carbocycles. The Morgan fingerprint density at radius 2 is 2.05 bits per heavy atom. The van der Waals surface area contributed by atoms with Crippen LogP contribution in [0.15, 0.2) is 18.2 Å². The average molecular weight is 294 g/mol. The van der Waals surface area contributed by atoms with Crippen LogP contribution < -0.4 is 5.32 Å². The topological polar surface area (TPSA) is 72.2 Å². The van der Waals surface area contributed by atoms with Crippen molar-refractivity contribution in [2.24, 2.45) is 11.8 Å². The second kappa shape index (κ2) is 6.65. The van der Waals surface area contributed by atoms with Crippen LogP contribution >= 0.6 is 0 Å². The number of hydrogen-bond donors (Lipinski definition) is 1. The molecular weight excluding hydrogens is 275 g/mol. The molecule has 5 nitrogen and oxygen atoms in total. The molecule has 2 rings (SSSR count). The van der Waals surface area contributed by atoms with Crippen molar-refractivity contribution in [2.75, 3.05) is 6.54 Å². The second-order valence-electron chi connectivity index (χ2n) is 5.76. The van der Waals surface area contributed by atoms with E-state index < -0.39 is 16.4 Å². The number of nitro groups is 1. The van der Waals surface area contributed by atoms with Crippen LogP contribution in [-0.4, -0.2) is 17.4 Å². The van der Waals surface area contributed by atoms with Crippen molar-refractivity contribution < 1.29 is 14.1 Å². The summed E-state index contributed by atoms with van der Waals surface area (Å²) in [5.41, 5.74) is -0.505. The highest BCUT2D eigenvalue weighted by molar-refractivity contribution is 5.94. The molecule has 0 saturated heterocycles. The van der Waals surface area contributed by atoms with Gasteiger partial charge in [-0.1, -0.05) is 19.8 Å². The highest BCUT2D eigenvalue weighted by Crippen LogP contribution is 2.27. The van der Waals surface area contributed by atoms with E-state index in [-0.39, 0.29) is 11.5 Å². The van der Waals surface area contributed by atoms with Gasteiger partial charge in [0.15, 0.2) is 0 Å². The molecule has 0 aromatic heterocycles. The normalized spacial score (nSPS) is 21.8. The molecule has 0 heterocycles. The van der Waals surface area contributed by atoms with Crippen molar-refractivity contribution in [3.8, 4) is 0 Å². The Morgan fingerprint density at radius 1 is 1.38 bits per heavy atom. The molecule has 0 bridgehead atoms. The van der Waals surface area contributed by atoms with Crippen LogP contribution in [0.4, 0.5) is 10.1 Å². The number of benzene rings is 1. The molecule has 0 aliphatic heterocycles. The first kappa shape index (κ1) is 15.4. The summed E-state index contributed by atoms with van der Waals surface area (Å²) in [7, 11) is 0. The van der Waals surface area contributed by atoms with Crippen LogP contribution in [-0.2, 0) is 0 Å². The van der Waals surface area contributed by atoms with Gasteiger partial charge in [-0.15, -0.1) is 0 Å². The predicted octanol–water partition coefficient (Wildman–Crippen LogP) is 3.29. The predicted molar refractivity (Wildman–Crippen MR) is 76.5 cm³/mol. The van der Waals surface area contributed by atoms with Crippen LogP contribution in [0.3, 0.4) is 0 Å². The van der Waals surface area contributed by atoms with Gasteiger partial charge >= 0.3 is 5.69 Å². The molecule has 1 saturated carbocycles. The monoisotopic (exact) mass is 294 g/mol. The van der Waals surface area contributed by atoms with Crippen molar-refractivity contribution in [2.45, 2.75) is 32.6 Å². The summed E-state index contributed by atoms with van der Waals surface area (Å²) in [6.45, 7) is 2.80. The highest BCUT2D eigenvalue weighted by Gasteiger charge is 2.20. The number of nitro benzene ring substituents is 1. The van der Waals surface area contributed by atoms with E-state index in [1.807, 2.05) is 0 Å². The zero-order valence-electron chi connectivity index (χ0n) is 12.0. The van der Waals surface area contributed by atoms with Crippen molar-refractivity contribution in [1.82, 2.24) is 5.32 Å². The van der Waals surface area contributed by atoms with E-state index in [2.05, 4.69) is 12.2 Å². The molecule has 1 fully saturated rings. The Bertz CT molecular complexity index is 540. The summed E-state index contributed by atoms with van der Waals surface area (Å²) in [4.78, 5) is 21.7. The van der Waals surface area contributed by atoms with Crippen LogP contribution in [0.25, 0.3) is 0 Å². The number of carbonyl (C=O) groups excluding carboxylic acids is 1. The number of amides is 1. The molecule has 6 heteroatoms. The van der Waals surface area contributed by atoms with Crippen LogP contribution in [0.1, 0.15) is 43.0 Å². The Labute approximate surface area is 122 Å². The highest BCUT2D eigenvalue weighted by atomic mass is 19.1. The third-order valence-electron chi connectivity index (χ3n) is 4.09. The van der Waals surface area contributed by atoms with Crippen molar-refractivity contribution >= 4 is 11.6 Å². The van der Waals surface area contributed by atoms with Crippen LogP contribution in [0, 0.1) is 27.8 Å². The van der Waals surface area contributed by atoms with Crippen molar-refractivity contribution in [3.05, 3.63) is 39.7 Å². The lowest BCUT2D eigenvalue weighted by molar-refractivity contribution is -0.387. The van der Waals surface area contributed by atoms with Gasteiger partial charge in [0.1, 0.15) is 0 Å². The molecular formula is C15H19FN2O3. The van der Waals surface area contributed by atoms with Gasteiger partial charge in [-0.2, -0.15) is 4.39 Å². The molecule has 114 valence electrons. The first-order chi connectivity index (χ1) is 9.97. The minimum absolute atomic E-state index is 0.113. The Kier molecular flexibility index (Phi) is 4.88. The maximum absolute atomic E-state index is 13.5. The fourth-order valence-corrected chi connectivity index (χ4v) is 2.67.